The van der Waals surface area contributed by atoms with E-state index in [1.165, 1.54) is 0 Å². The number of alkyl halides is 3. The number of rotatable bonds is 4. The Morgan fingerprint density at radius 3 is 2.47 bits per heavy atom. The minimum absolute atomic E-state index is 0.0691. The number of carbonyl (C=O) groups excluding carboxylic acids is 1. The first-order valence-electron chi connectivity index (χ1n) is 9.35. The zero-order valence-electron chi connectivity index (χ0n) is 16.6. The fourth-order valence-corrected chi connectivity index (χ4v) is 3.25. The van der Waals surface area contributed by atoms with Crippen molar-refractivity contribution in [3.8, 4) is 5.75 Å². The zero-order chi connectivity index (χ0) is 22.3. The fraction of sp³-hybridized carbons (Fsp3) is 0.500. The van der Waals surface area contributed by atoms with Crippen LogP contribution in [0.1, 0.15) is 10.4 Å². The number of ether oxygens (including phenoxy) is 2. The molecule has 2 atom stereocenters. The highest BCUT2D eigenvalue weighted by Crippen LogP contribution is 2.25. The van der Waals surface area contributed by atoms with Crippen molar-refractivity contribution >= 4 is 11.9 Å². The van der Waals surface area contributed by atoms with Crippen LogP contribution in [0, 0.1) is 5.92 Å². The van der Waals surface area contributed by atoms with E-state index in [1.807, 2.05) is 29.2 Å². The van der Waals surface area contributed by atoms with Crippen LogP contribution in [0.5, 0.6) is 5.75 Å². The Labute approximate surface area is 172 Å². The maximum absolute atomic E-state index is 12.7. The largest absolute Gasteiger partial charge is 0.490 e. The van der Waals surface area contributed by atoms with Gasteiger partial charge in [0.15, 0.2) is 0 Å². The number of halogens is 3. The molecule has 0 spiro atoms. The monoisotopic (exact) mass is 430 g/mol. The van der Waals surface area contributed by atoms with Gasteiger partial charge in [0.25, 0.3) is 5.91 Å². The molecule has 0 radical (unpaired) electrons. The van der Waals surface area contributed by atoms with Crippen molar-refractivity contribution in [1.29, 1.82) is 0 Å². The van der Waals surface area contributed by atoms with Gasteiger partial charge in [0.1, 0.15) is 12.4 Å². The Morgan fingerprint density at radius 1 is 1.27 bits per heavy atom. The SMILES string of the molecule is C=CCOc1ccc(C(=O)N2C[C@@H]3CN(C)CCO[C@@H]3C2)cc1.O=C(O)C(F)(F)F. The molecule has 2 fully saturated rings. The standard InChI is InChI=1S/C18H24N2O3.C2HF3O2/c1-3-9-22-16-6-4-14(5-7-16)18(21)20-12-15-11-19(2)8-10-23-17(15)13-20;3-2(4,5)1(6)7/h3-7,15,17H,1,8-13H2,2H3;(H,6,7)/t15-,17+;/m0./s1. The number of likely N-dealkylation sites (tertiary alicyclic amines) is 1. The van der Waals surface area contributed by atoms with Crippen LogP contribution >= 0.6 is 0 Å². The Bertz CT molecular complexity index is 739. The predicted octanol–water partition coefficient (Wildman–Crippen LogP) is 2.29. The summed E-state index contributed by atoms with van der Waals surface area (Å²) in [7, 11) is 2.11. The lowest BCUT2D eigenvalue weighted by Crippen LogP contribution is -2.32. The number of hydrogen-bond donors (Lipinski definition) is 1. The number of nitrogens with zero attached hydrogens (tertiary/aromatic N) is 2. The molecule has 0 saturated carbocycles. The van der Waals surface area contributed by atoms with Gasteiger partial charge in [-0.05, 0) is 31.3 Å². The van der Waals surface area contributed by atoms with Gasteiger partial charge in [0.2, 0.25) is 0 Å². The van der Waals surface area contributed by atoms with Gasteiger partial charge in [0.05, 0.1) is 12.7 Å². The van der Waals surface area contributed by atoms with Crippen molar-refractivity contribution in [1.82, 2.24) is 9.80 Å². The van der Waals surface area contributed by atoms with Gasteiger partial charge in [-0.1, -0.05) is 12.7 Å². The molecule has 0 bridgehead atoms. The summed E-state index contributed by atoms with van der Waals surface area (Å²) in [6.07, 6.45) is -3.22. The molecule has 166 valence electrons. The van der Waals surface area contributed by atoms with Crippen LogP contribution in [0.3, 0.4) is 0 Å². The quantitative estimate of drug-likeness (QED) is 0.739. The summed E-state index contributed by atoms with van der Waals surface area (Å²) >= 11 is 0. The molecule has 1 N–H and O–H groups in total. The zero-order valence-corrected chi connectivity index (χ0v) is 16.6. The summed E-state index contributed by atoms with van der Waals surface area (Å²) < 4.78 is 43.1. The Hall–Kier alpha value is -2.59. The lowest BCUT2D eigenvalue weighted by atomic mass is 10.1. The van der Waals surface area contributed by atoms with E-state index in [-0.39, 0.29) is 12.0 Å². The minimum atomic E-state index is -5.08. The van der Waals surface area contributed by atoms with Crippen molar-refractivity contribution in [2.24, 2.45) is 5.92 Å². The van der Waals surface area contributed by atoms with Crippen molar-refractivity contribution in [2.75, 3.05) is 46.4 Å². The number of amides is 1. The molecule has 0 unspecified atom stereocenters. The first kappa shape index (κ1) is 23.7. The molecule has 1 aromatic rings. The van der Waals surface area contributed by atoms with Crippen LogP contribution in [0.25, 0.3) is 0 Å². The molecular weight excluding hydrogens is 405 g/mol. The Morgan fingerprint density at radius 2 is 1.90 bits per heavy atom. The van der Waals surface area contributed by atoms with Gasteiger partial charge >= 0.3 is 12.1 Å². The Balaban J connectivity index is 0.000000396. The summed E-state index contributed by atoms with van der Waals surface area (Å²) in [5.41, 5.74) is 0.695. The number of hydrogen-bond acceptors (Lipinski definition) is 5. The smallest absolute Gasteiger partial charge is 0.490 e. The van der Waals surface area contributed by atoms with Gasteiger partial charge in [-0.2, -0.15) is 13.2 Å². The first-order valence-corrected chi connectivity index (χ1v) is 9.35. The summed E-state index contributed by atoms with van der Waals surface area (Å²) in [6, 6.07) is 7.30. The number of carboxylic acids is 1. The molecule has 1 amide bonds. The molecule has 2 aliphatic heterocycles. The van der Waals surface area contributed by atoms with Gasteiger partial charge in [0, 0.05) is 37.7 Å². The topological polar surface area (TPSA) is 79.3 Å². The lowest BCUT2D eigenvalue weighted by molar-refractivity contribution is -0.192. The summed E-state index contributed by atoms with van der Waals surface area (Å²) in [6.45, 7) is 8.24. The fourth-order valence-electron chi connectivity index (χ4n) is 3.25. The molecule has 30 heavy (non-hydrogen) atoms. The maximum Gasteiger partial charge on any atom is 0.490 e. The normalized spacial score (nSPS) is 21.7. The molecular formula is C20H25F3N2O5. The maximum atomic E-state index is 12.7. The number of carboxylic acid groups (broad SMARTS) is 1. The minimum Gasteiger partial charge on any atom is -0.490 e. The highest BCUT2D eigenvalue weighted by atomic mass is 19.4. The van der Waals surface area contributed by atoms with Gasteiger partial charge in [-0.15, -0.1) is 0 Å². The van der Waals surface area contributed by atoms with Crippen LogP contribution in [-0.2, 0) is 9.53 Å². The van der Waals surface area contributed by atoms with E-state index in [4.69, 9.17) is 19.4 Å². The molecule has 2 saturated heterocycles. The van der Waals surface area contributed by atoms with Crippen molar-refractivity contribution in [3.05, 3.63) is 42.5 Å². The first-order chi connectivity index (χ1) is 14.1. The van der Waals surface area contributed by atoms with Crippen molar-refractivity contribution in [3.63, 3.8) is 0 Å². The van der Waals surface area contributed by atoms with E-state index in [2.05, 4.69) is 18.5 Å². The van der Waals surface area contributed by atoms with E-state index in [1.54, 1.807) is 6.08 Å². The molecule has 3 rings (SSSR count). The number of likely N-dealkylation sites (N-methyl/N-ethyl adjacent to an activating group) is 1. The average molecular weight is 430 g/mol. The molecule has 2 heterocycles. The third-order valence-electron chi connectivity index (χ3n) is 4.73. The molecule has 7 nitrogen and oxygen atoms in total. The molecule has 0 aromatic heterocycles. The summed E-state index contributed by atoms with van der Waals surface area (Å²) in [5, 5.41) is 7.12. The number of fused-ring (bicyclic) bond motifs is 1. The van der Waals surface area contributed by atoms with Gasteiger partial charge < -0.3 is 24.4 Å². The molecule has 2 aliphatic rings. The average Bonchev–Trinajstić information content (AvgIpc) is 3.00. The van der Waals surface area contributed by atoms with E-state index in [9.17, 15) is 18.0 Å². The number of benzene rings is 1. The second-order valence-corrected chi connectivity index (χ2v) is 7.07. The van der Waals surface area contributed by atoms with Gasteiger partial charge in [-0.3, -0.25) is 4.79 Å². The predicted molar refractivity (Wildman–Crippen MR) is 102 cm³/mol. The number of aliphatic carboxylic acids is 1. The van der Waals surface area contributed by atoms with Crippen molar-refractivity contribution < 1.29 is 37.3 Å². The van der Waals surface area contributed by atoms with Crippen LogP contribution in [0.2, 0.25) is 0 Å². The van der Waals surface area contributed by atoms with E-state index in [0.717, 1.165) is 32.0 Å². The van der Waals surface area contributed by atoms with E-state index < -0.39 is 12.1 Å². The lowest BCUT2D eigenvalue weighted by Gasteiger charge is -2.19. The molecule has 10 heteroatoms. The third kappa shape index (κ3) is 6.74. The summed E-state index contributed by atoms with van der Waals surface area (Å²) in [5.74, 6) is -1.54. The highest BCUT2D eigenvalue weighted by molar-refractivity contribution is 5.94. The van der Waals surface area contributed by atoms with Crippen LogP contribution in [0.4, 0.5) is 13.2 Å². The van der Waals surface area contributed by atoms with Crippen molar-refractivity contribution in [2.45, 2.75) is 12.3 Å². The number of carbonyl (C=O) groups is 2. The third-order valence-corrected chi connectivity index (χ3v) is 4.73. The van der Waals surface area contributed by atoms with Gasteiger partial charge in [-0.25, -0.2) is 4.79 Å². The van der Waals surface area contributed by atoms with Crippen LogP contribution < -0.4 is 4.74 Å². The second-order valence-electron chi connectivity index (χ2n) is 7.07. The Kier molecular flexibility index (Phi) is 8.24. The molecule has 1 aromatic carbocycles. The molecule has 0 aliphatic carbocycles. The van der Waals surface area contributed by atoms with Crippen LogP contribution in [-0.4, -0.2) is 85.5 Å². The second kappa shape index (κ2) is 10.4. The van der Waals surface area contributed by atoms with Crippen LogP contribution in [0.15, 0.2) is 36.9 Å². The van der Waals surface area contributed by atoms with E-state index >= 15 is 0 Å². The van der Waals surface area contributed by atoms with E-state index in [0.29, 0.717) is 24.6 Å². The highest BCUT2D eigenvalue weighted by Gasteiger charge is 2.39. The summed E-state index contributed by atoms with van der Waals surface area (Å²) in [4.78, 5) is 25.8.